The summed E-state index contributed by atoms with van der Waals surface area (Å²) in [5.74, 6) is 1.97. The van der Waals surface area contributed by atoms with E-state index in [1.165, 1.54) is 11.1 Å². The number of aryl methyl sites for hydroxylation is 3. The van der Waals surface area contributed by atoms with Crippen LogP contribution in [0.4, 0.5) is 0 Å². The van der Waals surface area contributed by atoms with Crippen LogP contribution >= 0.6 is 24.0 Å². The van der Waals surface area contributed by atoms with Crippen LogP contribution in [0, 0.1) is 20.8 Å². The number of nitrogens with zero attached hydrogens (tertiary/aromatic N) is 2. The van der Waals surface area contributed by atoms with Gasteiger partial charge in [0.15, 0.2) is 5.96 Å². The Balaban J connectivity index is 0.00000338. The molecule has 0 aliphatic carbocycles. The van der Waals surface area contributed by atoms with E-state index in [0.29, 0.717) is 6.54 Å². The van der Waals surface area contributed by atoms with Gasteiger partial charge in [0.1, 0.15) is 5.76 Å². The third kappa shape index (κ3) is 5.72. The minimum atomic E-state index is 0. The third-order valence-electron chi connectivity index (χ3n) is 4.46. The van der Waals surface area contributed by atoms with Gasteiger partial charge in [0.2, 0.25) is 0 Å². The van der Waals surface area contributed by atoms with Crippen LogP contribution in [0.25, 0.3) is 0 Å². The van der Waals surface area contributed by atoms with Gasteiger partial charge in [0.25, 0.3) is 0 Å². The quantitative estimate of drug-likeness (QED) is 0.367. The van der Waals surface area contributed by atoms with Crippen LogP contribution < -0.4 is 10.6 Å². The van der Waals surface area contributed by atoms with Crippen LogP contribution in [0.1, 0.15) is 60.9 Å². The molecule has 0 radical (unpaired) electrons. The lowest BCUT2D eigenvalue weighted by Crippen LogP contribution is -2.39. The van der Waals surface area contributed by atoms with Gasteiger partial charge in [-0.1, -0.05) is 36.3 Å². The Kier molecular flexibility index (Phi) is 9.12. The van der Waals surface area contributed by atoms with Crippen LogP contribution in [-0.4, -0.2) is 24.2 Å². The Bertz CT molecular complexity index is 707. The largest absolute Gasteiger partial charge is 0.361 e. The van der Waals surface area contributed by atoms with E-state index in [1.807, 2.05) is 13.8 Å². The molecule has 144 valence electrons. The molecular formula is C20H31IN4O. The van der Waals surface area contributed by atoms with Gasteiger partial charge in [-0.2, -0.15) is 0 Å². The molecule has 1 aromatic carbocycles. The molecule has 1 heterocycles. The summed E-state index contributed by atoms with van der Waals surface area (Å²) in [5, 5.41) is 10.9. The molecule has 0 amide bonds. The maximum absolute atomic E-state index is 5.28. The number of rotatable bonds is 6. The van der Waals surface area contributed by atoms with Crippen LogP contribution in [0.3, 0.4) is 0 Å². The predicted octanol–water partition coefficient (Wildman–Crippen LogP) is 4.64. The van der Waals surface area contributed by atoms with Crippen molar-refractivity contribution in [2.45, 2.75) is 53.5 Å². The SMILES string of the molecule is CCNC(=NCC(C)c1c(C)noc1C)NC(C)c1ccccc1C.I. The molecule has 0 aliphatic rings. The van der Waals surface area contributed by atoms with E-state index >= 15 is 0 Å². The highest BCUT2D eigenvalue weighted by Crippen LogP contribution is 2.23. The standard InChI is InChI=1S/C20H30N4O.HI/c1-7-21-20(23-15(4)18-11-9-8-10-13(18)2)22-12-14(3)19-16(5)24-25-17(19)6;/h8-11,14-15H,7,12H2,1-6H3,(H2,21,22,23);1H. The Labute approximate surface area is 174 Å². The molecule has 6 heteroatoms. The van der Waals surface area contributed by atoms with Crippen molar-refractivity contribution in [2.75, 3.05) is 13.1 Å². The molecule has 5 nitrogen and oxygen atoms in total. The van der Waals surface area contributed by atoms with Gasteiger partial charge in [-0.25, -0.2) is 0 Å². The van der Waals surface area contributed by atoms with E-state index in [4.69, 9.17) is 9.52 Å². The zero-order chi connectivity index (χ0) is 18.4. The van der Waals surface area contributed by atoms with Gasteiger partial charge in [0.05, 0.1) is 11.7 Å². The molecule has 0 saturated carbocycles. The number of hydrogen-bond donors (Lipinski definition) is 2. The minimum Gasteiger partial charge on any atom is -0.361 e. The Morgan fingerprint density at radius 3 is 2.46 bits per heavy atom. The lowest BCUT2D eigenvalue weighted by atomic mass is 10.00. The number of halogens is 1. The monoisotopic (exact) mass is 470 g/mol. The summed E-state index contributed by atoms with van der Waals surface area (Å²) in [5.41, 5.74) is 4.67. The molecule has 2 rings (SSSR count). The highest BCUT2D eigenvalue weighted by molar-refractivity contribution is 14.0. The molecule has 0 bridgehead atoms. The molecule has 2 aromatic rings. The molecule has 1 aromatic heterocycles. The number of aromatic nitrogens is 1. The fraction of sp³-hybridized carbons (Fsp3) is 0.500. The molecule has 2 unspecified atom stereocenters. The first-order chi connectivity index (χ1) is 11.9. The molecule has 0 fully saturated rings. The van der Waals surface area contributed by atoms with Crippen molar-refractivity contribution >= 4 is 29.9 Å². The van der Waals surface area contributed by atoms with E-state index in [0.717, 1.165) is 29.5 Å². The van der Waals surface area contributed by atoms with Crippen molar-refractivity contribution in [1.82, 2.24) is 15.8 Å². The number of benzene rings is 1. The van der Waals surface area contributed by atoms with Crippen molar-refractivity contribution in [3.8, 4) is 0 Å². The fourth-order valence-electron chi connectivity index (χ4n) is 3.19. The number of nitrogens with one attached hydrogen (secondary N) is 2. The Hall–Kier alpha value is -1.57. The summed E-state index contributed by atoms with van der Waals surface area (Å²) in [6.07, 6.45) is 0. The van der Waals surface area contributed by atoms with Crippen molar-refractivity contribution in [3.63, 3.8) is 0 Å². The van der Waals surface area contributed by atoms with Crippen molar-refractivity contribution in [2.24, 2.45) is 4.99 Å². The van der Waals surface area contributed by atoms with E-state index in [2.05, 4.69) is 67.8 Å². The fourth-order valence-corrected chi connectivity index (χ4v) is 3.19. The predicted molar refractivity (Wildman–Crippen MR) is 119 cm³/mol. The van der Waals surface area contributed by atoms with E-state index in [-0.39, 0.29) is 35.9 Å². The van der Waals surface area contributed by atoms with Gasteiger partial charge in [-0.15, -0.1) is 24.0 Å². The van der Waals surface area contributed by atoms with Gasteiger partial charge >= 0.3 is 0 Å². The molecule has 2 N–H and O–H groups in total. The zero-order valence-corrected chi connectivity index (χ0v) is 18.9. The Morgan fingerprint density at radius 1 is 1.19 bits per heavy atom. The third-order valence-corrected chi connectivity index (χ3v) is 4.46. The summed E-state index contributed by atoms with van der Waals surface area (Å²) in [4.78, 5) is 4.77. The molecule has 2 atom stereocenters. The second-order valence-corrected chi connectivity index (χ2v) is 6.58. The maximum atomic E-state index is 5.28. The minimum absolute atomic E-state index is 0. The van der Waals surface area contributed by atoms with Gasteiger partial charge in [0, 0.05) is 24.6 Å². The highest BCUT2D eigenvalue weighted by atomic mass is 127. The normalized spacial score (nSPS) is 13.7. The molecule has 0 spiro atoms. The molecule has 0 saturated heterocycles. The summed E-state index contributed by atoms with van der Waals surface area (Å²) < 4.78 is 5.28. The van der Waals surface area contributed by atoms with Crippen LogP contribution in [0.5, 0.6) is 0 Å². The first kappa shape index (κ1) is 22.5. The van der Waals surface area contributed by atoms with Gasteiger partial charge in [-0.05, 0) is 45.7 Å². The second-order valence-electron chi connectivity index (χ2n) is 6.58. The van der Waals surface area contributed by atoms with Crippen LogP contribution in [0.15, 0.2) is 33.8 Å². The number of aliphatic imine (C=N–C) groups is 1. The maximum Gasteiger partial charge on any atom is 0.191 e. The van der Waals surface area contributed by atoms with E-state index in [9.17, 15) is 0 Å². The molecular weight excluding hydrogens is 439 g/mol. The van der Waals surface area contributed by atoms with E-state index < -0.39 is 0 Å². The first-order valence-corrected chi connectivity index (χ1v) is 8.97. The van der Waals surface area contributed by atoms with Crippen LogP contribution in [0.2, 0.25) is 0 Å². The lowest BCUT2D eigenvalue weighted by Gasteiger charge is -2.20. The summed E-state index contributed by atoms with van der Waals surface area (Å²) in [6, 6.07) is 8.62. The zero-order valence-electron chi connectivity index (χ0n) is 16.6. The number of hydrogen-bond acceptors (Lipinski definition) is 3. The lowest BCUT2D eigenvalue weighted by molar-refractivity contribution is 0.391. The topological polar surface area (TPSA) is 62.5 Å². The van der Waals surface area contributed by atoms with Crippen molar-refractivity contribution in [3.05, 3.63) is 52.4 Å². The van der Waals surface area contributed by atoms with Crippen LogP contribution in [-0.2, 0) is 0 Å². The van der Waals surface area contributed by atoms with Gasteiger partial charge in [-0.3, -0.25) is 4.99 Å². The molecule has 0 aliphatic heterocycles. The average Bonchev–Trinajstić information content (AvgIpc) is 2.91. The van der Waals surface area contributed by atoms with Gasteiger partial charge < -0.3 is 15.2 Å². The first-order valence-electron chi connectivity index (χ1n) is 8.97. The second kappa shape index (κ2) is 10.5. The average molecular weight is 470 g/mol. The highest BCUT2D eigenvalue weighted by Gasteiger charge is 2.16. The molecule has 26 heavy (non-hydrogen) atoms. The summed E-state index contributed by atoms with van der Waals surface area (Å²) in [7, 11) is 0. The summed E-state index contributed by atoms with van der Waals surface area (Å²) >= 11 is 0. The van der Waals surface area contributed by atoms with E-state index in [1.54, 1.807) is 0 Å². The van der Waals surface area contributed by atoms with Crippen molar-refractivity contribution in [1.29, 1.82) is 0 Å². The number of guanidine groups is 1. The summed E-state index contributed by atoms with van der Waals surface area (Å²) in [6.45, 7) is 14.0. The Morgan fingerprint density at radius 2 is 1.88 bits per heavy atom. The smallest absolute Gasteiger partial charge is 0.191 e. The van der Waals surface area contributed by atoms with Crippen molar-refractivity contribution < 1.29 is 4.52 Å².